The van der Waals surface area contributed by atoms with E-state index >= 15 is 0 Å². The summed E-state index contributed by atoms with van der Waals surface area (Å²) in [7, 11) is 4.08. The van der Waals surface area contributed by atoms with E-state index in [1.807, 2.05) is 62.6 Å². The summed E-state index contributed by atoms with van der Waals surface area (Å²) in [5, 5.41) is 7.81. The molecule has 0 saturated carbocycles. The van der Waals surface area contributed by atoms with Crippen molar-refractivity contribution in [2.75, 3.05) is 32.6 Å². The SMILES string of the molecule is CN(C)CCCOc1ccc(NC(=O)c2cnn(Cc3ccccc3Cl)c2)cc1. The van der Waals surface area contributed by atoms with E-state index < -0.39 is 0 Å². The van der Waals surface area contributed by atoms with Gasteiger partial charge in [-0.3, -0.25) is 9.48 Å². The highest BCUT2D eigenvalue weighted by Gasteiger charge is 2.10. The molecule has 0 spiro atoms. The molecule has 3 rings (SSSR count). The molecule has 1 heterocycles. The van der Waals surface area contributed by atoms with Gasteiger partial charge >= 0.3 is 0 Å². The number of hydrogen-bond donors (Lipinski definition) is 1. The summed E-state index contributed by atoms with van der Waals surface area (Å²) < 4.78 is 7.40. The third-order valence-corrected chi connectivity index (χ3v) is 4.68. The van der Waals surface area contributed by atoms with Gasteiger partial charge in [-0.05, 0) is 56.4 Å². The first-order valence-corrected chi connectivity index (χ1v) is 9.84. The van der Waals surface area contributed by atoms with Crippen LogP contribution in [0, 0.1) is 0 Å². The molecular formula is C22H25ClN4O2. The minimum Gasteiger partial charge on any atom is -0.494 e. The summed E-state index contributed by atoms with van der Waals surface area (Å²) in [5.74, 6) is 0.573. The Bertz CT molecular complexity index is 938. The van der Waals surface area contributed by atoms with Gasteiger partial charge in [-0.15, -0.1) is 0 Å². The van der Waals surface area contributed by atoms with Gasteiger partial charge in [0, 0.05) is 23.5 Å². The Balaban J connectivity index is 1.52. The second kappa shape index (κ2) is 10.1. The van der Waals surface area contributed by atoms with Gasteiger partial charge in [0.1, 0.15) is 5.75 Å². The maximum absolute atomic E-state index is 12.5. The fourth-order valence-corrected chi connectivity index (χ4v) is 2.97. The molecule has 0 fully saturated rings. The molecule has 3 aromatic rings. The van der Waals surface area contributed by atoms with Crippen molar-refractivity contribution in [1.29, 1.82) is 0 Å². The first kappa shape index (κ1) is 20.9. The topological polar surface area (TPSA) is 59.4 Å². The maximum Gasteiger partial charge on any atom is 0.258 e. The fraction of sp³-hybridized carbons (Fsp3) is 0.273. The normalized spacial score (nSPS) is 10.9. The second-order valence-electron chi connectivity index (χ2n) is 7.00. The Morgan fingerprint density at radius 3 is 2.66 bits per heavy atom. The predicted molar refractivity (Wildman–Crippen MR) is 116 cm³/mol. The monoisotopic (exact) mass is 412 g/mol. The lowest BCUT2D eigenvalue weighted by Gasteiger charge is -2.11. The molecule has 0 radical (unpaired) electrons. The second-order valence-corrected chi connectivity index (χ2v) is 7.41. The van der Waals surface area contributed by atoms with E-state index in [0.29, 0.717) is 29.4 Å². The Morgan fingerprint density at radius 1 is 1.17 bits per heavy atom. The van der Waals surface area contributed by atoms with Crippen LogP contribution in [0.3, 0.4) is 0 Å². The summed E-state index contributed by atoms with van der Waals surface area (Å²) in [4.78, 5) is 14.6. The molecule has 0 aliphatic heterocycles. The highest BCUT2D eigenvalue weighted by Crippen LogP contribution is 2.18. The molecule has 1 aromatic heterocycles. The first-order valence-electron chi connectivity index (χ1n) is 9.46. The standard InChI is InChI=1S/C22H25ClN4O2/c1-26(2)12-5-13-29-20-10-8-19(9-11-20)25-22(28)18-14-24-27(16-18)15-17-6-3-4-7-21(17)23/h3-4,6-11,14,16H,5,12-13,15H2,1-2H3,(H,25,28). The number of nitrogens with zero attached hydrogens (tertiary/aromatic N) is 3. The Hall–Kier alpha value is -2.83. The van der Waals surface area contributed by atoms with Crippen LogP contribution in [0.15, 0.2) is 60.9 Å². The number of carbonyl (C=O) groups is 1. The molecule has 0 atom stereocenters. The predicted octanol–water partition coefficient (Wildman–Crippen LogP) is 4.17. The minimum absolute atomic E-state index is 0.213. The summed E-state index contributed by atoms with van der Waals surface area (Å²) in [6.45, 7) is 2.15. The van der Waals surface area contributed by atoms with Crippen LogP contribution in [-0.4, -0.2) is 47.8 Å². The lowest BCUT2D eigenvalue weighted by atomic mass is 10.2. The van der Waals surface area contributed by atoms with E-state index in [4.69, 9.17) is 16.3 Å². The summed E-state index contributed by atoms with van der Waals surface area (Å²) >= 11 is 6.18. The highest BCUT2D eigenvalue weighted by molar-refractivity contribution is 6.31. The third-order valence-electron chi connectivity index (χ3n) is 4.32. The molecule has 6 nitrogen and oxygen atoms in total. The van der Waals surface area contributed by atoms with Gasteiger partial charge in [-0.25, -0.2) is 0 Å². The van der Waals surface area contributed by atoms with Crippen LogP contribution in [0.5, 0.6) is 5.75 Å². The molecule has 0 saturated heterocycles. The van der Waals surface area contributed by atoms with Crippen LogP contribution in [0.4, 0.5) is 5.69 Å². The van der Waals surface area contributed by atoms with Crippen LogP contribution >= 0.6 is 11.6 Å². The quantitative estimate of drug-likeness (QED) is 0.536. The van der Waals surface area contributed by atoms with Gasteiger partial charge in [0.05, 0.1) is 24.9 Å². The maximum atomic E-state index is 12.5. The van der Waals surface area contributed by atoms with Crippen LogP contribution < -0.4 is 10.1 Å². The number of carbonyl (C=O) groups excluding carboxylic acids is 1. The minimum atomic E-state index is -0.213. The van der Waals surface area contributed by atoms with Crippen LogP contribution in [0.2, 0.25) is 5.02 Å². The van der Waals surface area contributed by atoms with E-state index in [2.05, 4.69) is 15.3 Å². The number of anilines is 1. The molecular weight excluding hydrogens is 388 g/mol. The van der Waals surface area contributed by atoms with Crippen LogP contribution in [0.1, 0.15) is 22.3 Å². The van der Waals surface area contributed by atoms with Gasteiger partial charge in [0.2, 0.25) is 0 Å². The molecule has 0 aliphatic rings. The summed E-state index contributed by atoms with van der Waals surface area (Å²) in [5.41, 5.74) is 2.14. The van der Waals surface area contributed by atoms with Crippen molar-refractivity contribution >= 4 is 23.2 Å². The Labute approximate surface area is 176 Å². The lowest BCUT2D eigenvalue weighted by molar-refractivity contribution is 0.102. The van der Waals surface area contributed by atoms with E-state index in [9.17, 15) is 4.79 Å². The average molecular weight is 413 g/mol. The third kappa shape index (κ3) is 6.34. The smallest absolute Gasteiger partial charge is 0.258 e. The molecule has 7 heteroatoms. The number of hydrogen-bond acceptors (Lipinski definition) is 4. The van der Waals surface area contributed by atoms with Gasteiger partial charge < -0.3 is 15.0 Å². The van der Waals surface area contributed by atoms with Gasteiger partial charge in [0.25, 0.3) is 5.91 Å². The molecule has 1 N–H and O–H groups in total. The number of benzene rings is 2. The fourth-order valence-electron chi connectivity index (χ4n) is 2.78. The molecule has 2 aromatic carbocycles. The largest absolute Gasteiger partial charge is 0.494 e. The van der Waals surface area contributed by atoms with Crippen molar-refractivity contribution in [3.8, 4) is 5.75 Å². The molecule has 0 unspecified atom stereocenters. The van der Waals surface area contributed by atoms with Crippen LogP contribution in [0.25, 0.3) is 0 Å². The number of rotatable bonds is 9. The van der Waals surface area contributed by atoms with Crippen molar-refractivity contribution in [2.45, 2.75) is 13.0 Å². The van der Waals surface area contributed by atoms with Crippen molar-refractivity contribution in [2.24, 2.45) is 0 Å². The van der Waals surface area contributed by atoms with Crippen molar-refractivity contribution in [3.05, 3.63) is 77.1 Å². The molecule has 152 valence electrons. The van der Waals surface area contributed by atoms with E-state index in [1.165, 1.54) is 0 Å². The number of halogens is 1. The molecule has 0 bridgehead atoms. The van der Waals surface area contributed by atoms with Crippen LogP contribution in [-0.2, 0) is 6.54 Å². The zero-order valence-electron chi connectivity index (χ0n) is 16.6. The number of amides is 1. The Morgan fingerprint density at radius 2 is 1.93 bits per heavy atom. The first-order chi connectivity index (χ1) is 14.0. The van der Waals surface area contributed by atoms with Crippen molar-refractivity contribution in [3.63, 3.8) is 0 Å². The number of ether oxygens (including phenoxy) is 1. The van der Waals surface area contributed by atoms with E-state index in [0.717, 1.165) is 24.3 Å². The Kier molecular flexibility index (Phi) is 7.27. The zero-order valence-corrected chi connectivity index (χ0v) is 17.4. The van der Waals surface area contributed by atoms with Gasteiger partial charge in [-0.2, -0.15) is 5.10 Å². The van der Waals surface area contributed by atoms with E-state index in [1.54, 1.807) is 17.1 Å². The van der Waals surface area contributed by atoms with E-state index in [-0.39, 0.29) is 5.91 Å². The number of nitrogens with one attached hydrogen (secondary N) is 1. The molecule has 29 heavy (non-hydrogen) atoms. The number of aromatic nitrogens is 2. The molecule has 0 aliphatic carbocycles. The van der Waals surface area contributed by atoms with Gasteiger partial charge in [-0.1, -0.05) is 29.8 Å². The lowest BCUT2D eigenvalue weighted by Crippen LogP contribution is -2.15. The van der Waals surface area contributed by atoms with Gasteiger partial charge in [0.15, 0.2) is 0 Å². The summed E-state index contributed by atoms with van der Waals surface area (Å²) in [6.07, 6.45) is 4.22. The summed E-state index contributed by atoms with van der Waals surface area (Å²) in [6, 6.07) is 14.9. The van der Waals surface area contributed by atoms with Crippen molar-refractivity contribution in [1.82, 2.24) is 14.7 Å². The average Bonchev–Trinajstić information content (AvgIpc) is 3.17. The highest BCUT2D eigenvalue weighted by atomic mass is 35.5. The zero-order chi connectivity index (χ0) is 20.6. The molecule has 1 amide bonds. The van der Waals surface area contributed by atoms with Crippen molar-refractivity contribution < 1.29 is 9.53 Å².